The van der Waals surface area contributed by atoms with Gasteiger partial charge in [0.25, 0.3) is 5.91 Å². The van der Waals surface area contributed by atoms with Crippen LogP contribution in [-0.2, 0) is 27.3 Å². The average molecular weight is 400 g/mol. The molecule has 0 fully saturated rings. The minimum absolute atomic E-state index is 0.146. The highest BCUT2D eigenvalue weighted by atomic mass is 32.1. The molecule has 1 amide bonds. The molecule has 1 aromatic heterocycles. The minimum atomic E-state index is -0.540. The van der Waals surface area contributed by atoms with E-state index in [1.54, 1.807) is 12.1 Å². The summed E-state index contributed by atoms with van der Waals surface area (Å²) in [5, 5.41) is 0. The summed E-state index contributed by atoms with van der Waals surface area (Å²) in [6, 6.07) is 8.69. The fourth-order valence-electron chi connectivity index (χ4n) is 3.30. The number of aryl methyl sites for hydroxylation is 3. The average Bonchev–Trinajstić information content (AvgIpc) is 2.96. The van der Waals surface area contributed by atoms with E-state index in [1.807, 2.05) is 32.9 Å². The molecule has 0 radical (unpaired) electrons. The van der Waals surface area contributed by atoms with Crippen molar-refractivity contribution in [1.82, 2.24) is 4.57 Å². The molecule has 0 unspecified atom stereocenters. The Morgan fingerprint density at radius 2 is 1.86 bits per heavy atom. The molecule has 1 heterocycles. The number of carbonyl (C=O) groups is 2. The van der Waals surface area contributed by atoms with E-state index in [-0.39, 0.29) is 29.2 Å². The van der Waals surface area contributed by atoms with Gasteiger partial charge in [0, 0.05) is 0 Å². The number of aromatic nitrogens is 1. The third-order valence-electron chi connectivity index (χ3n) is 4.56. The Labute approximate surface area is 166 Å². The first kappa shape index (κ1) is 19.9. The molecule has 7 heteroatoms. The molecular weight excluding hydrogens is 379 g/mol. The van der Waals surface area contributed by atoms with Gasteiger partial charge in [-0.3, -0.25) is 9.59 Å². The van der Waals surface area contributed by atoms with Crippen molar-refractivity contribution in [2.75, 3.05) is 7.11 Å². The maximum absolute atomic E-state index is 14.3. The van der Waals surface area contributed by atoms with Crippen LogP contribution in [0.1, 0.15) is 22.3 Å². The number of ether oxygens (including phenoxy) is 1. The number of fused-ring (bicyclic) bond motifs is 1. The van der Waals surface area contributed by atoms with Crippen LogP contribution in [0.15, 0.2) is 35.3 Å². The third kappa shape index (κ3) is 4.04. The zero-order valence-electron chi connectivity index (χ0n) is 16.2. The van der Waals surface area contributed by atoms with E-state index in [2.05, 4.69) is 4.99 Å². The van der Waals surface area contributed by atoms with Crippen LogP contribution >= 0.6 is 11.3 Å². The fraction of sp³-hybridized carbons (Fsp3) is 0.286. The number of para-hydroxylation sites is 1. The maximum atomic E-state index is 14.3. The second-order valence-electron chi connectivity index (χ2n) is 6.69. The number of thiazole rings is 1. The summed E-state index contributed by atoms with van der Waals surface area (Å²) in [5.41, 5.74) is 4.38. The largest absolute Gasteiger partial charge is 0.468 e. The zero-order chi connectivity index (χ0) is 20.4. The Bertz CT molecular complexity index is 1120. The van der Waals surface area contributed by atoms with Crippen LogP contribution in [0.25, 0.3) is 10.2 Å². The second-order valence-corrected chi connectivity index (χ2v) is 7.70. The predicted octanol–water partition coefficient (Wildman–Crippen LogP) is 3.61. The molecule has 0 spiro atoms. The van der Waals surface area contributed by atoms with Gasteiger partial charge >= 0.3 is 5.97 Å². The van der Waals surface area contributed by atoms with Gasteiger partial charge in [-0.1, -0.05) is 35.1 Å². The van der Waals surface area contributed by atoms with Crippen molar-refractivity contribution in [1.29, 1.82) is 0 Å². The van der Waals surface area contributed by atoms with Crippen molar-refractivity contribution in [2.24, 2.45) is 4.99 Å². The lowest BCUT2D eigenvalue weighted by molar-refractivity contribution is -0.141. The Hall–Kier alpha value is -2.80. The monoisotopic (exact) mass is 400 g/mol. The molecule has 0 aliphatic heterocycles. The van der Waals surface area contributed by atoms with Crippen LogP contribution in [0.4, 0.5) is 4.39 Å². The first-order valence-electron chi connectivity index (χ1n) is 8.79. The van der Waals surface area contributed by atoms with E-state index in [0.29, 0.717) is 4.70 Å². The minimum Gasteiger partial charge on any atom is -0.468 e. The highest BCUT2D eigenvalue weighted by Gasteiger charge is 2.15. The van der Waals surface area contributed by atoms with Crippen molar-refractivity contribution in [3.8, 4) is 0 Å². The molecule has 0 saturated carbocycles. The van der Waals surface area contributed by atoms with Crippen LogP contribution in [0.2, 0.25) is 0 Å². The summed E-state index contributed by atoms with van der Waals surface area (Å²) in [7, 11) is 1.26. The van der Waals surface area contributed by atoms with E-state index in [0.717, 1.165) is 22.3 Å². The number of rotatable bonds is 4. The van der Waals surface area contributed by atoms with Gasteiger partial charge in [-0.25, -0.2) is 4.39 Å². The van der Waals surface area contributed by atoms with E-state index in [4.69, 9.17) is 4.74 Å². The summed E-state index contributed by atoms with van der Waals surface area (Å²) in [4.78, 5) is 28.9. The standard InChI is InChI=1S/C21H21FN2O3S/c1-12-8-13(2)15(14(3)9-12)10-18(25)23-21-24(11-19(26)27-4)20-16(22)6-5-7-17(20)28-21/h5-9H,10-11H2,1-4H3. The number of carbonyl (C=O) groups excluding carboxylic acids is 2. The van der Waals surface area contributed by atoms with Crippen LogP contribution in [-0.4, -0.2) is 23.6 Å². The van der Waals surface area contributed by atoms with Crippen molar-refractivity contribution in [2.45, 2.75) is 33.7 Å². The molecule has 5 nitrogen and oxygen atoms in total. The molecule has 0 atom stereocenters. The van der Waals surface area contributed by atoms with Gasteiger partial charge in [-0.05, 0) is 49.6 Å². The van der Waals surface area contributed by atoms with Gasteiger partial charge in [0.1, 0.15) is 12.4 Å². The lowest BCUT2D eigenvalue weighted by atomic mass is 9.97. The fourth-order valence-corrected chi connectivity index (χ4v) is 4.36. The molecule has 146 valence electrons. The SMILES string of the molecule is COC(=O)Cn1c(=NC(=O)Cc2c(C)cc(C)cc2C)sc2cccc(F)c21. The van der Waals surface area contributed by atoms with Gasteiger partial charge in [0.2, 0.25) is 0 Å². The highest BCUT2D eigenvalue weighted by Crippen LogP contribution is 2.21. The van der Waals surface area contributed by atoms with Gasteiger partial charge < -0.3 is 9.30 Å². The highest BCUT2D eigenvalue weighted by molar-refractivity contribution is 7.16. The molecule has 0 aliphatic carbocycles. The lowest BCUT2D eigenvalue weighted by Gasteiger charge is -2.09. The van der Waals surface area contributed by atoms with Crippen LogP contribution in [0, 0.1) is 26.6 Å². The number of esters is 1. The van der Waals surface area contributed by atoms with E-state index < -0.39 is 11.8 Å². The first-order valence-corrected chi connectivity index (χ1v) is 9.60. The van der Waals surface area contributed by atoms with Crippen LogP contribution in [0.3, 0.4) is 0 Å². The van der Waals surface area contributed by atoms with Gasteiger partial charge in [-0.2, -0.15) is 4.99 Å². The molecular formula is C21H21FN2O3S. The number of nitrogens with zero attached hydrogens (tertiary/aromatic N) is 2. The second kappa shape index (κ2) is 8.06. The molecule has 0 saturated heterocycles. The molecule has 3 rings (SSSR count). The van der Waals surface area contributed by atoms with E-state index >= 15 is 0 Å². The number of hydrogen-bond acceptors (Lipinski definition) is 4. The molecule has 0 aliphatic rings. The van der Waals surface area contributed by atoms with Crippen LogP contribution < -0.4 is 4.80 Å². The van der Waals surface area contributed by atoms with Gasteiger partial charge in [0.15, 0.2) is 4.80 Å². The quantitative estimate of drug-likeness (QED) is 0.629. The smallest absolute Gasteiger partial charge is 0.325 e. The third-order valence-corrected chi connectivity index (χ3v) is 5.60. The summed E-state index contributed by atoms with van der Waals surface area (Å²) in [6.45, 7) is 5.73. The number of halogens is 1. The zero-order valence-corrected chi connectivity index (χ0v) is 17.0. The Kier molecular flexibility index (Phi) is 5.74. The number of benzene rings is 2. The van der Waals surface area contributed by atoms with Crippen molar-refractivity contribution in [3.05, 3.63) is 63.2 Å². The summed E-state index contributed by atoms with van der Waals surface area (Å²) in [5.74, 6) is -1.36. The van der Waals surface area contributed by atoms with Gasteiger partial charge in [-0.15, -0.1) is 0 Å². The Balaban J connectivity index is 2.06. The van der Waals surface area contributed by atoms with Crippen molar-refractivity contribution < 1.29 is 18.7 Å². The Morgan fingerprint density at radius 3 is 2.50 bits per heavy atom. The summed E-state index contributed by atoms with van der Waals surface area (Å²) >= 11 is 1.17. The van der Waals surface area contributed by atoms with Crippen LogP contribution in [0.5, 0.6) is 0 Å². The molecule has 3 aromatic rings. The van der Waals surface area contributed by atoms with Crippen molar-refractivity contribution in [3.63, 3.8) is 0 Å². The Morgan fingerprint density at radius 1 is 1.18 bits per heavy atom. The normalized spacial score (nSPS) is 11.8. The first-order chi connectivity index (χ1) is 13.3. The molecule has 28 heavy (non-hydrogen) atoms. The van der Waals surface area contributed by atoms with E-state index in [1.165, 1.54) is 29.1 Å². The van der Waals surface area contributed by atoms with Gasteiger partial charge in [0.05, 0.1) is 23.7 Å². The number of hydrogen-bond donors (Lipinski definition) is 0. The lowest BCUT2D eigenvalue weighted by Crippen LogP contribution is -2.23. The summed E-state index contributed by atoms with van der Waals surface area (Å²) in [6.07, 6.45) is 0.146. The molecule has 2 aromatic carbocycles. The summed E-state index contributed by atoms with van der Waals surface area (Å²) < 4.78 is 21.1. The maximum Gasteiger partial charge on any atom is 0.325 e. The number of amides is 1. The topological polar surface area (TPSA) is 60.7 Å². The van der Waals surface area contributed by atoms with E-state index in [9.17, 15) is 14.0 Å². The molecule has 0 bridgehead atoms. The molecule has 0 N–H and O–H groups in total. The van der Waals surface area contributed by atoms with Crippen molar-refractivity contribution >= 4 is 33.4 Å². The predicted molar refractivity (Wildman–Crippen MR) is 107 cm³/mol. The number of methoxy groups -OCH3 is 1.